The second-order valence-electron chi connectivity index (χ2n) is 5.18. The Bertz CT molecular complexity index is 519. The number of likely N-dealkylation sites (tertiary alicyclic amines) is 1. The second-order valence-corrected chi connectivity index (χ2v) is 6.24. The van der Waals surface area contributed by atoms with Crippen molar-refractivity contribution in [3.63, 3.8) is 0 Å². The Morgan fingerprint density at radius 1 is 1.50 bits per heavy atom. The third-order valence-electron chi connectivity index (χ3n) is 3.48. The molecule has 1 aliphatic rings. The minimum absolute atomic E-state index is 0.216. The summed E-state index contributed by atoms with van der Waals surface area (Å²) in [7, 11) is 0. The zero-order valence-corrected chi connectivity index (χ0v) is 12.4. The Hall–Kier alpha value is -1.70. The van der Waals surface area contributed by atoms with Gasteiger partial charge in [-0.05, 0) is 26.2 Å². The Kier molecular flexibility index (Phi) is 4.22. The van der Waals surface area contributed by atoms with E-state index in [2.05, 4.69) is 15.5 Å². The van der Waals surface area contributed by atoms with E-state index in [1.54, 1.807) is 6.92 Å². The van der Waals surface area contributed by atoms with Gasteiger partial charge >= 0.3 is 12.0 Å². The molecule has 20 heavy (non-hydrogen) atoms. The van der Waals surface area contributed by atoms with Crippen LogP contribution in [0, 0.1) is 5.41 Å². The molecule has 1 atom stereocenters. The van der Waals surface area contributed by atoms with Crippen molar-refractivity contribution in [2.75, 3.05) is 18.4 Å². The molecule has 8 heteroatoms. The zero-order chi connectivity index (χ0) is 14.8. The number of hydrogen-bond acceptors (Lipinski definition) is 5. The predicted octanol–water partition coefficient (Wildman–Crippen LogP) is 1.82. The van der Waals surface area contributed by atoms with Crippen LogP contribution < -0.4 is 5.32 Å². The van der Waals surface area contributed by atoms with Crippen LogP contribution >= 0.6 is 11.3 Å². The average molecular weight is 298 g/mol. The van der Waals surface area contributed by atoms with Crippen molar-refractivity contribution in [2.24, 2.45) is 5.41 Å². The predicted molar refractivity (Wildman–Crippen MR) is 74.9 cm³/mol. The van der Waals surface area contributed by atoms with E-state index in [9.17, 15) is 14.7 Å². The minimum atomic E-state index is -0.870. The molecule has 2 amide bonds. The monoisotopic (exact) mass is 298 g/mol. The van der Waals surface area contributed by atoms with Crippen molar-refractivity contribution in [1.29, 1.82) is 0 Å². The second kappa shape index (κ2) is 5.74. The van der Waals surface area contributed by atoms with Crippen LogP contribution in [0.4, 0.5) is 9.93 Å². The van der Waals surface area contributed by atoms with E-state index in [1.807, 2.05) is 6.92 Å². The smallest absolute Gasteiger partial charge is 0.323 e. The third kappa shape index (κ3) is 3.06. The number of aromatic nitrogens is 2. The molecule has 7 nitrogen and oxygen atoms in total. The van der Waals surface area contributed by atoms with Gasteiger partial charge < -0.3 is 10.0 Å². The van der Waals surface area contributed by atoms with Crippen LogP contribution in [0.1, 0.15) is 31.7 Å². The Morgan fingerprint density at radius 2 is 2.25 bits per heavy atom. The fraction of sp³-hybridized carbons (Fsp3) is 0.667. The molecule has 1 saturated heterocycles. The van der Waals surface area contributed by atoms with Gasteiger partial charge in [0, 0.05) is 13.1 Å². The standard InChI is InChI=1S/C12H18N4O3S/c1-3-8-14-15-10(20-8)13-11(19)16-6-4-5-12(2,7-16)9(17)18/h3-7H2,1-2H3,(H,17,18)(H,13,15,19). The molecule has 1 aromatic heterocycles. The summed E-state index contributed by atoms with van der Waals surface area (Å²) in [6.07, 6.45) is 2.05. The zero-order valence-electron chi connectivity index (χ0n) is 11.5. The number of rotatable bonds is 3. The van der Waals surface area contributed by atoms with Crippen LogP contribution in [-0.2, 0) is 11.2 Å². The van der Waals surface area contributed by atoms with Gasteiger partial charge in [-0.2, -0.15) is 0 Å². The highest BCUT2D eigenvalue weighted by molar-refractivity contribution is 7.15. The van der Waals surface area contributed by atoms with Gasteiger partial charge in [-0.1, -0.05) is 18.3 Å². The molecule has 0 saturated carbocycles. The van der Waals surface area contributed by atoms with Gasteiger partial charge in [0.1, 0.15) is 5.01 Å². The number of aliphatic carboxylic acids is 1. The first-order valence-electron chi connectivity index (χ1n) is 6.56. The fourth-order valence-electron chi connectivity index (χ4n) is 2.20. The Labute approximate surface area is 121 Å². The number of carboxylic acids is 1. The lowest BCUT2D eigenvalue weighted by molar-refractivity contribution is -0.150. The summed E-state index contributed by atoms with van der Waals surface area (Å²) in [5.41, 5.74) is -0.870. The average Bonchev–Trinajstić information content (AvgIpc) is 2.86. The van der Waals surface area contributed by atoms with Crippen molar-refractivity contribution in [2.45, 2.75) is 33.1 Å². The molecule has 1 aliphatic heterocycles. The maximum atomic E-state index is 12.1. The molecule has 1 unspecified atom stereocenters. The van der Waals surface area contributed by atoms with Crippen molar-refractivity contribution in [3.05, 3.63) is 5.01 Å². The van der Waals surface area contributed by atoms with Crippen LogP contribution in [0.2, 0.25) is 0 Å². The van der Waals surface area contributed by atoms with Gasteiger partial charge in [0.2, 0.25) is 5.13 Å². The summed E-state index contributed by atoms with van der Waals surface area (Å²) in [4.78, 5) is 24.9. The van der Waals surface area contributed by atoms with Crippen LogP contribution in [0.3, 0.4) is 0 Å². The summed E-state index contributed by atoms with van der Waals surface area (Å²) in [6, 6.07) is -0.309. The molecule has 0 bridgehead atoms. The molecule has 1 aromatic rings. The number of aryl methyl sites for hydroxylation is 1. The number of carbonyl (C=O) groups is 2. The third-order valence-corrected chi connectivity index (χ3v) is 4.47. The molecule has 0 spiro atoms. The largest absolute Gasteiger partial charge is 0.481 e. The van der Waals surface area contributed by atoms with Gasteiger partial charge in [0.25, 0.3) is 0 Å². The highest BCUT2D eigenvalue weighted by Crippen LogP contribution is 2.30. The Balaban J connectivity index is 2.00. The van der Waals surface area contributed by atoms with E-state index in [1.165, 1.54) is 16.2 Å². The number of amides is 2. The summed E-state index contributed by atoms with van der Waals surface area (Å²) in [5, 5.41) is 21.1. The quantitative estimate of drug-likeness (QED) is 0.887. The summed E-state index contributed by atoms with van der Waals surface area (Å²) < 4.78 is 0. The first kappa shape index (κ1) is 14.7. The first-order valence-corrected chi connectivity index (χ1v) is 7.38. The molecule has 2 heterocycles. The summed E-state index contributed by atoms with van der Waals surface area (Å²) in [5.74, 6) is -0.862. The van der Waals surface area contributed by atoms with E-state index in [0.717, 1.165) is 11.4 Å². The Morgan fingerprint density at radius 3 is 2.85 bits per heavy atom. The van der Waals surface area contributed by atoms with Gasteiger partial charge in [0.05, 0.1) is 5.41 Å². The van der Waals surface area contributed by atoms with E-state index in [4.69, 9.17) is 0 Å². The van der Waals surface area contributed by atoms with Crippen LogP contribution in [0.15, 0.2) is 0 Å². The van der Waals surface area contributed by atoms with Crippen molar-refractivity contribution in [3.8, 4) is 0 Å². The number of carbonyl (C=O) groups excluding carboxylic acids is 1. The maximum absolute atomic E-state index is 12.1. The van der Waals surface area contributed by atoms with Gasteiger partial charge in [-0.3, -0.25) is 10.1 Å². The molecule has 0 aliphatic carbocycles. The number of hydrogen-bond donors (Lipinski definition) is 2. The topological polar surface area (TPSA) is 95.4 Å². The molecule has 2 N–H and O–H groups in total. The van der Waals surface area contributed by atoms with Crippen molar-refractivity contribution >= 4 is 28.5 Å². The fourth-order valence-corrected chi connectivity index (χ4v) is 2.87. The summed E-state index contributed by atoms with van der Waals surface area (Å²) >= 11 is 1.33. The van der Waals surface area contributed by atoms with Crippen LogP contribution in [0.5, 0.6) is 0 Å². The van der Waals surface area contributed by atoms with Gasteiger partial charge in [-0.25, -0.2) is 4.79 Å². The number of piperidine rings is 1. The molecule has 1 fully saturated rings. The molecule has 2 rings (SSSR count). The number of urea groups is 1. The molecular weight excluding hydrogens is 280 g/mol. The van der Waals surface area contributed by atoms with Gasteiger partial charge in [0.15, 0.2) is 0 Å². The molecule has 0 radical (unpaired) electrons. The number of carboxylic acid groups (broad SMARTS) is 1. The summed E-state index contributed by atoms with van der Waals surface area (Å²) in [6.45, 7) is 4.42. The van der Waals surface area contributed by atoms with Crippen LogP contribution in [0.25, 0.3) is 0 Å². The number of nitrogens with zero attached hydrogens (tertiary/aromatic N) is 3. The lowest BCUT2D eigenvalue weighted by Crippen LogP contribution is -2.49. The minimum Gasteiger partial charge on any atom is -0.481 e. The normalized spacial score (nSPS) is 22.6. The van der Waals surface area contributed by atoms with Crippen molar-refractivity contribution < 1.29 is 14.7 Å². The van der Waals surface area contributed by atoms with E-state index in [-0.39, 0.29) is 12.6 Å². The van der Waals surface area contributed by atoms with Gasteiger partial charge in [-0.15, -0.1) is 10.2 Å². The van der Waals surface area contributed by atoms with Crippen molar-refractivity contribution in [1.82, 2.24) is 15.1 Å². The molecule has 110 valence electrons. The SMILES string of the molecule is CCc1nnc(NC(=O)N2CCCC(C)(C(=O)O)C2)s1. The lowest BCUT2D eigenvalue weighted by atomic mass is 9.82. The van der Waals surface area contributed by atoms with E-state index < -0.39 is 11.4 Å². The maximum Gasteiger partial charge on any atom is 0.323 e. The first-order chi connectivity index (χ1) is 9.44. The number of anilines is 1. The van der Waals surface area contributed by atoms with Crippen LogP contribution in [-0.4, -0.2) is 45.3 Å². The van der Waals surface area contributed by atoms with E-state index in [0.29, 0.717) is 24.5 Å². The lowest BCUT2D eigenvalue weighted by Gasteiger charge is -2.37. The highest BCUT2D eigenvalue weighted by atomic mass is 32.1. The molecule has 0 aromatic carbocycles. The highest BCUT2D eigenvalue weighted by Gasteiger charge is 2.39. The molecular formula is C12H18N4O3S. The van der Waals surface area contributed by atoms with E-state index >= 15 is 0 Å². The number of nitrogens with one attached hydrogen (secondary N) is 1.